The highest BCUT2D eigenvalue weighted by Gasteiger charge is 2.07. The van der Waals surface area contributed by atoms with Gasteiger partial charge in [0.2, 0.25) is 0 Å². The highest BCUT2D eigenvalue weighted by atomic mass is 15.1. The van der Waals surface area contributed by atoms with Gasteiger partial charge in [-0.05, 0) is 17.7 Å². The number of rotatable bonds is 4. The van der Waals surface area contributed by atoms with E-state index < -0.39 is 0 Å². The molecule has 0 aliphatic heterocycles. The summed E-state index contributed by atoms with van der Waals surface area (Å²) in [6.45, 7) is 1.22. The predicted molar refractivity (Wildman–Crippen MR) is 68.5 cm³/mol. The average Bonchev–Trinajstić information content (AvgIpc) is 2.40. The fourth-order valence-corrected chi connectivity index (χ4v) is 1.76. The van der Waals surface area contributed by atoms with Gasteiger partial charge in [-0.3, -0.25) is 0 Å². The maximum Gasteiger partial charge on any atom is 0.147 e. The Bertz CT molecular complexity index is 470. The van der Waals surface area contributed by atoms with Crippen molar-refractivity contribution in [1.29, 1.82) is 0 Å². The molecule has 0 unspecified atom stereocenters. The third-order valence-corrected chi connectivity index (χ3v) is 2.62. The zero-order valence-corrected chi connectivity index (χ0v) is 9.87. The van der Waals surface area contributed by atoms with Crippen LogP contribution in [0.4, 0.5) is 5.69 Å². The van der Waals surface area contributed by atoms with Crippen LogP contribution in [0.2, 0.25) is 0 Å². The SMILES string of the molecule is CN(Cc1ncccn1)c1ccccc1CN. The summed E-state index contributed by atoms with van der Waals surface area (Å²) in [6, 6.07) is 9.93. The van der Waals surface area contributed by atoms with Crippen molar-refractivity contribution in [3.63, 3.8) is 0 Å². The zero-order valence-electron chi connectivity index (χ0n) is 9.87. The van der Waals surface area contributed by atoms with Crippen LogP contribution in [0.5, 0.6) is 0 Å². The number of para-hydroxylation sites is 1. The van der Waals surface area contributed by atoms with Crippen LogP contribution < -0.4 is 10.6 Å². The van der Waals surface area contributed by atoms with Crippen LogP contribution in [-0.2, 0) is 13.1 Å². The molecule has 2 aromatic rings. The Morgan fingerprint density at radius 2 is 1.82 bits per heavy atom. The molecule has 0 aliphatic rings. The Hall–Kier alpha value is -1.94. The first kappa shape index (κ1) is 11.5. The molecule has 0 aliphatic carbocycles. The van der Waals surface area contributed by atoms with Crippen LogP contribution in [0.25, 0.3) is 0 Å². The number of nitrogens with zero attached hydrogens (tertiary/aromatic N) is 3. The largest absolute Gasteiger partial charge is 0.367 e. The van der Waals surface area contributed by atoms with Crippen molar-refractivity contribution in [3.8, 4) is 0 Å². The van der Waals surface area contributed by atoms with Gasteiger partial charge in [-0.25, -0.2) is 9.97 Å². The van der Waals surface area contributed by atoms with E-state index in [1.807, 2.05) is 31.3 Å². The first-order chi connectivity index (χ1) is 8.31. The Labute approximate surface area is 101 Å². The smallest absolute Gasteiger partial charge is 0.147 e. The number of benzene rings is 1. The highest BCUT2D eigenvalue weighted by molar-refractivity contribution is 5.52. The second-order valence-corrected chi connectivity index (χ2v) is 3.85. The van der Waals surface area contributed by atoms with E-state index in [1.165, 1.54) is 0 Å². The zero-order chi connectivity index (χ0) is 12.1. The summed E-state index contributed by atoms with van der Waals surface area (Å²) < 4.78 is 0. The molecular formula is C13H16N4. The van der Waals surface area contributed by atoms with E-state index in [2.05, 4.69) is 20.9 Å². The van der Waals surface area contributed by atoms with Crippen molar-refractivity contribution in [2.24, 2.45) is 5.73 Å². The standard InChI is InChI=1S/C13H16N4/c1-17(10-13-15-7-4-8-16-13)12-6-3-2-5-11(12)9-14/h2-8H,9-10,14H2,1H3. The number of hydrogen-bond acceptors (Lipinski definition) is 4. The fourth-order valence-electron chi connectivity index (χ4n) is 1.76. The lowest BCUT2D eigenvalue weighted by Crippen LogP contribution is -2.20. The van der Waals surface area contributed by atoms with Crippen molar-refractivity contribution in [2.45, 2.75) is 13.1 Å². The van der Waals surface area contributed by atoms with E-state index >= 15 is 0 Å². The van der Waals surface area contributed by atoms with Gasteiger partial charge in [-0.15, -0.1) is 0 Å². The van der Waals surface area contributed by atoms with E-state index in [0.29, 0.717) is 13.1 Å². The summed E-state index contributed by atoms with van der Waals surface area (Å²) in [4.78, 5) is 10.5. The van der Waals surface area contributed by atoms with E-state index in [-0.39, 0.29) is 0 Å². The molecule has 0 spiro atoms. The summed E-state index contributed by atoms with van der Waals surface area (Å²) in [5.74, 6) is 0.807. The quantitative estimate of drug-likeness (QED) is 0.863. The number of hydrogen-bond donors (Lipinski definition) is 1. The minimum atomic E-state index is 0.538. The van der Waals surface area contributed by atoms with E-state index in [9.17, 15) is 0 Å². The van der Waals surface area contributed by atoms with E-state index in [4.69, 9.17) is 5.73 Å². The lowest BCUT2D eigenvalue weighted by atomic mass is 10.1. The third kappa shape index (κ3) is 2.79. The summed E-state index contributed by atoms with van der Waals surface area (Å²) in [6.07, 6.45) is 3.51. The number of anilines is 1. The second-order valence-electron chi connectivity index (χ2n) is 3.85. The van der Waals surface area contributed by atoms with Crippen molar-refractivity contribution >= 4 is 5.69 Å². The summed E-state index contributed by atoms with van der Waals surface area (Å²) in [7, 11) is 2.02. The molecule has 88 valence electrons. The predicted octanol–water partition coefficient (Wildman–Crippen LogP) is 1.57. The molecule has 1 heterocycles. The molecule has 0 fully saturated rings. The maximum absolute atomic E-state index is 5.72. The van der Waals surface area contributed by atoms with Crippen LogP contribution in [0, 0.1) is 0 Å². The highest BCUT2D eigenvalue weighted by Crippen LogP contribution is 2.19. The van der Waals surface area contributed by atoms with Gasteiger partial charge in [0.25, 0.3) is 0 Å². The van der Waals surface area contributed by atoms with Gasteiger partial charge < -0.3 is 10.6 Å². The van der Waals surface area contributed by atoms with Gasteiger partial charge in [-0.2, -0.15) is 0 Å². The number of nitrogens with two attached hydrogens (primary N) is 1. The van der Waals surface area contributed by atoms with Crippen molar-refractivity contribution in [1.82, 2.24) is 9.97 Å². The average molecular weight is 228 g/mol. The lowest BCUT2D eigenvalue weighted by Gasteiger charge is -2.21. The monoisotopic (exact) mass is 228 g/mol. The van der Waals surface area contributed by atoms with Crippen LogP contribution >= 0.6 is 0 Å². The van der Waals surface area contributed by atoms with Crippen molar-refractivity contribution in [2.75, 3.05) is 11.9 Å². The van der Waals surface area contributed by atoms with Crippen LogP contribution in [0.3, 0.4) is 0 Å². The molecule has 4 nitrogen and oxygen atoms in total. The molecular weight excluding hydrogens is 212 g/mol. The first-order valence-electron chi connectivity index (χ1n) is 5.56. The summed E-state index contributed by atoms with van der Waals surface area (Å²) in [5, 5.41) is 0. The molecule has 0 saturated heterocycles. The van der Waals surface area contributed by atoms with Gasteiger partial charge in [0.15, 0.2) is 0 Å². The molecule has 1 aromatic heterocycles. The van der Waals surface area contributed by atoms with Gasteiger partial charge in [0, 0.05) is 31.7 Å². The van der Waals surface area contributed by atoms with Crippen LogP contribution in [0.15, 0.2) is 42.7 Å². The van der Waals surface area contributed by atoms with Crippen molar-refractivity contribution in [3.05, 3.63) is 54.1 Å². The topological polar surface area (TPSA) is 55.0 Å². The summed E-state index contributed by atoms with van der Waals surface area (Å²) in [5.41, 5.74) is 7.98. The molecule has 0 saturated carbocycles. The Balaban J connectivity index is 2.17. The maximum atomic E-state index is 5.72. The third-order valence-electron chi connectivity index (χ3n) is 2.62. The Morgan fingerprint density at radius 1 is 1.12 bits per heavy atom. The minimum absolute atomic E-state index is 0.538. The van der Waals surface area contributed by atoms with Crippen molar-refractivity contribution < 1.29 is 0 Å². The first-order valence-corrected chi connectivity index (χ1v) is 5.56. The van der Waals surface area contributed by atoms with Gasteiger partial charge in [0.05, 0.1) is 6.54 Å². The molecule has 1 aromatic carbocycles. The molecule has 2 rings (SSSR count). The summed E-state index contributed by atoms with van der Waals surface area (Å²) >= 11 is 0. The molecule has 17 heavy (non-hydrogen) atoms. The van der Waals surface area contributed by atoms with Gasteiger partial charge in [-0.1, -0.05) is 18.2 Å². The Kier molecular flexibility index (Phi) is 3.67. The normalized spacial score (nSPS) is 10.2. The molecule has 0 radical (unpaired) electrons. The lowest BCUT2D eigenvalue weighted by molar-refractivity contribution is 0.830. The van der Waals surface area contributed by atoms with Gasteiger partial charge >= 0.3 is 0 Å². The minimum Gasteiger partial charge on any atom is -0.367 e. The van der Waals surface area contributed by atoms with Crippen LogP contribution in [0.1, 0.15) is 11.4 Å². The van der Waals surface area contributed by atoms with E-state index in [0.717, 1.165) is 17.1 Å². The molecule has 4 heteroatoms. The Morgan fingerprint density at radius 3 is 2.53 bits per heavy atom. The van der Waals surface area contributed by atoms with Crippen LogP contribution in [-0.4, -0.2) is 17.0 Å². The number of aromatic nitrogens is 2. The van der Waals surface area contributed by atoms with Gasteiger partial charge in [0.1, 0.15) is 5.82 Å². The fraction of sp³-hybridized carbons (Fsp3) is 0.231. The van der Waals surface area contributed by atoms with E-state index in [1.54, 1.807) is 12.4 Å². The molecule has 0 atom stereocenters. The molecule has 2 N–H and O–H groups in total. The second kappa shape index (κ2) is 5.41. The molecule has 0 amide bonds. The molecule has 0 bridgehead atoms.